The van der Waals surface area contributed by atoms with Crippen molar-refractivity contribution in [2.75, 3.05) is 6.61 Å². The van der Waals surface area contributed by atoms with E-state index in [1.807, 2.05) is 6.92 Å². The van der Waals surface area contributed by atoms with Crippen LogP contribution in [0.4, 0.5) is 0 Å². The Balaban J connectivity index is 2.23. The van der Waals surface area contributed by atoms with Crippen molar-refractivity contribution in [1.29, 1.82) is 0 Å². The molecule has 0 aliphatic carbocycles. The second kappa shape index (κ2) is 2.46. The molecular weight excluding hydrogens is 104 g/mol. The van der Waals surface area contributed by atoms with Crippen LogP contribution < -0.4 is 0 Å². The van der Waals surface area contributed by atoms with Gasteiger partial charge in [0.25, 0.3) is 0 Å². The summed E-state index contributed by atoms with van der Waals surface area (Å²) in [6.07, 6.45) is 1.42. The molecule has 1 saturated heterocycles. The third kappa shape index (κ3) is 1.46. The lowest BCUT2D eigenvalue weighted by Crippen LogP contribution is -2.23. The van der Waals surface area contributed by atoms with E-state index in [4.69, 9.17) is 9.78 Å². The molecule has 2 atom stereocenters. The Hall–Kier alpha value is -0.0800. The van der Waals surface area contributed by atoms with Gasteiger partial charge in [-0.3, -0.25) is 0 Å². The molecule has 0 aromatic carbocycles. The van der Waals surface area contributed by atoms with Crippen LogP contribution in [0.3, 0.4) is 0 Å². The SMILES string of the molecule is CC1COOC(C)C1. The predicted molar refractivity (Wildman–Crippen MR) is 30.3 cm³/mol. The molecule has 0 aromatic rings. The predicted octanol–water partition coefficient (Wildman–Crippen LogP) is 1.36. The van der Waals surface area contributed by atoms with Crippen LogP contribution in [0, 0.1) is 5.92 Å². The Morgan fingerprint density at radius 1 is 1.38 bits per heavy atom. The van der Waals surface area contributed by atoms with Gasteiger partial charge in [-0.1, -0.05) is 6.92 Å². The smallest absolute Gasteiger partial charge is 0.0905 e. The second-order valence-electron chi connectivity index (χ2n) is 2.53. The summed E-state index contributed by atoms with van der Waals surface area (Å²) in [5.74, 6) is 0.666. The van der Waals surface area contributed by atoms with Gasteiger partial charge in [-0.15, -0.1) is 0 Å². The second-order valence-corrected chi connectivity index (χ2v) is 2.53. The minimum atomic E-state index is 0.291. The number of rotatable bonds is 0. The van der Waals surface area contributed by atoms with Gasteiger partial charge >= 0.3 is 0 Å². The van der Waals surface area contributed by atoms with Crippen molar-refractivity contribution in [3.63, 3.8) is 0 Å². The van der Waals surface area contributed by atoms with Crippen molar-refractivity contribution < 1.29 is 9.78 Å². The monoisotopic (exact) mass is 116 g/mol. The zero-order chi connectivity index (χ0) is 5.98. The van der Waals surface area contributed by atoms with Crippen molar-refractivity contribution in [2.24, 2.45) is 5.92 Å². The zero-order valence-electron chi connectivity index (χ0n) is 5.39. The molecule has 2 unspecified atom stereocenters. The van der Waals surface area contributed by atoms with Crippen molar-refractivity contribution in [1.82, 2.24) is 0 Å². The van der Waals surface area contributed by atoms with Gasteiger partial charge in [-0.25, -0.2) is 9.78 Å². The summed E-state index contributed by atoms with van der Waals surface area (Å²) in [4.78, 5) is 9.64. The highest BCUT2D eigenvalue weighted by atomic mass is 17.2. The molecule has 0 saturated carbocycles. The van der Waals surface area contributed by atoms with E-state index in [0.717, 1.165) is 13.0 Å². The van der Waals surface area contributed by atoms with E-state index < -0.39 is 0 Å². The lowest BCUT2D eigenvalue weighted by molar-refractivity contribution is -0.350. The summed E-state index contributed by atoms with van der Waals surface area (Å²) in [7, 11) is 0. The van der Waals surface area contributed by atoms with Crippen molar-refractivity contribution in [2.45, 2.75) is 26.4 Å². The first-order chi connectivity index (χ1) is 3.79. The van der Waals surface area contributed by atoms with Crippen LogP contribution in [0.25, 0.3) is 0 Å². The molecule has 1 heterocycles. The largest absolute Gasteiger partial charge is 0.236 e. The van der Waals surface area contributed by atoms with Crippen molar-refractivity contribution in [3.05, 3.63) is 0 Å². The Bertz CT molecular complexity index is 64.9. The summed E-state index contributed by atoms with van der Waals surface area (Å²) < 4.78 is 0. The maximum absolute atomic E-state index is 4.85. The molecule has 0 radical (unpaired) electrons. The van der Waals surface area contributed by atoms with Crippen LogP contribution in [0.15, 0.2) is 0 Å². The summed E-state index contributed by atoms with van der Waals surface area (Å²) in [5, 5.41) is 0. The van der Waals surface area contributed by atoms with E-state index >= 15 is 0 Å². The van der Waals surface area contributed by atoms with E-state index in [2.05, 4.69) is 6.92 Å². The molecular formula is C6H12O2. The molecule has 1 rings (SSSR count). The van der Waals surface area contributed by atoms with Gasteiger partial charge in [0.05, 0.1) is 12.7 Å². The highest BCUT2D eigenvalue weighted by Crippen LogP contribution is 2.14. The Morgan fingerprint density at radius 3 is 2.50 bits per heavy atom. The van der Waals surface area contributed by atoms with Crippen molar-refractivity contribution >= 4 is 0 Å². The summed E-state index contributed by atoms with van der Waals surface area (Å²) in [5.41, 5.74) is 0. The minimum Gasteiger partial charge on any atom is -0.236 e. The third-order valence-corrected chi connectivity index (χ3v) is 1.32. The van der Waals surface area contributed by atoms with Crippen LogP contribution >= 0.6 is 0 Å². The van der Waals surface area contributed by atoms with Gasteiger partial charge in [0, 0.05) is 0 Å². The summed E-state index contributed by atoms with van der Waals surface area (Å²) >= 11 is 0. The first-order valence-electron chi connectivity index (χ1n) is 3.07. The lowest BCUT2D eigenvalue weighted by Gasteiger charge is -2.22. The fraction of sp³-hybridized carbons (Fsp3) is 1.00. The van der Waals surface area contributed by atoms with Gasteiger partial charge < -0.3 is 0 Å². The molecule has 0 amide bonds. The maximum Gasteiger partial charge on any atom is 0.0905 e. The molecule has 1 aliphatic rings. The standard InChI is InChI=1S/C6H12O2/c1-5-3-6(2)8-7-4-5/h5-6H,3-4H2,1-2H3. The van der Waals surface area contributed by atoms with Crippen molar-refractivity contribution in [3.8, 4) is 0 Å². The number of hydrogen-bond acceptors (Lipinski definition) is 2. The Kier molecular flexibility index (Phi) is 1.86. The van der Waals surface area contributed by atoms with E-state index in [9.17, 15) is 0 Å². The van der Waals surface area contributed by atoms with E-state index in [1.54, 1.807) is 0 Å². The Morgan fingerprint density at radius 2 is 2.12 bits per heavy atom. The quantitative estimate of drug-likeness (QED) is 0.445. The first kappa shape index (κ1) is 6.05. The van der Waals surface area contributed by atoms with Gasteiger partial charge in [-0.2, -0.15) is 0 Å². The van der Waals surface area contributed by atoms with Gasteiger partial charge in [0.15, 0.2) is 0 Å². The lowest BCUT2D eigenvalue weighted by atomic mass is 10.1. The summed E-state index contributed by atoms with van der Waals surface area (Å²) in [6.45, 7) is 4.94. The molecule has 1 aliphatic heterocycles. The topological polar surface area (TPSA) is 18.5 Å². The van der Waals surface area contributed by atoms with Crippen LogP contribution in [-0.4, -0.2) is 12.7 Å². The average Bonchev–Trinajstić information content (AvgIpc) is 1.64. The molecule has 0 bridgehead atoms. The first-order valence-corrected chi connectivity index (χ1v) is 3.07. The van der Waals surface area contributed by atoms with E-state index in [0.29, 0.717) is 12.0 Å². The molecule has 0 spiro atoms. The maximum atomic E-state index is 4.85. The van der Waals surface area contributed by atoms with Gasteiger partial charge in [0.1, 0.15) is 0 Å². The molecule has 1 fully saturated rings. The zero-order valence-corrected chi connectivity index (χ0v) is 5.39. The fourth-order valence-corrected chi connectivity index (χ4v) is 0.946. The van der Waals surface area contributed by atoms with Gasteiger partial charge in [-0.05, 0) is 19.3 Å². The molecule has 0 N–H and O–H groups in total. The highest BCUT2D eigenvalue weighted by Gasteiger charge is 2.15. The molecule has 2 nitrogen and oxygen atoms in total. The molecule has 8 heavy (non-hydrogen) atoms. The van der Waals surface area contributed by atoms with Gasteiger partial charge in [0.2, 0.25) is 0 Å². The van der Waals surface area contributed by atoms with Crippen LogP contribution in [0.2, 0.25) is 0 Å². The summed E-state index contributed by atoms with van der Waals surface area (Å²) in [6, 6.07) is 0. The fourth-order valence-electron chi connectivity index (χ4n) is 0.946. The average molecular weight is 116 g/mol. The molecule has 2 heteroatoms. The van der Waals surface area contributed by atoms with Crippen LogP contribution in [0.5, 0.6) is 0 Å². The number of hydrogen-bond donors (Lipinski definition) is 0. The van der Waals surface area contributed by atoms with E-state index in [-0.39, 0.29) is 0 Å². The molecule has 0 aromatic heterocycles. The third-order valence-electron chi connectivity index (χ3n) is 1.32. The van der Waals surface area contributed by atoms with E-state index in [1.165, 1.54) is 0 Å². The Labute approximate surface area is 49.7 Å². The minimum absolute atomic E-state index is 0.291. The highest BCUT2D eigenvalue weighted by molar-refractivity contribution is 4.58. The van der Waals surface area contributed by atoms with Crippen LogP contribution in [0.1, 0.15) is 20.3 Å². The van der Waals surface area contributed by atoms with Crippen LogP contribution in [-0.2, 0) is 9.78 Å². The normalized spacial score (nSPS) is 39.8. The molecule has 48 valence electrons.